The molecule has 1 aromatic heterocycles. The lowest BCUT2D eigenvalue weighted by atomic mass is 10.2. The first kappa shape index (κ1) is 10.6. The Morgan fingerprint density at radius 3 is 2.94 bits per heavy atom. The molecule has 0 fully saturated rings. The summed E-state index contributed by atoms with van der Waals surface area (Å²) in [5.74, 6) is 1.37. The molecular formula is C11H13N3O2. The lowest BCUT2D eigenvalue weighted by Gasteiger charge is -2.09. The molecule has 0 bridgehead atoms. The lowest BCUT2D eigenvalue weighted by molar-refractivity contribution is 0.265. The quantitative estimate of drug-likeness (QED) is 0.827. The Kier molecular flexibility index (Phi) is 3.16. The highest BCUT2D eigenvalue weighted by Gasteiger charge is 2.06. The summed E-state index contributed by atoms with van der Waals surface area (Å²) in [5, 5.41) is 16.6. The average Bonchev–Trinajstić information content (AvgIpc) is 2.77. The van der Waals surface area contributed by atoms with Gasteiger partial charge in [0.25, 0.3) is 0 Å². The summed E-state index contributed by atoms with van der Waals surface area (Å²) in [6.45, 7) is 0.474. The highest BCUT2D eigenvalue weighted by atomic mass is 16.5. The number of hydrogen-bond acceptors (Lipinski definition) is 4. The first-order valence-corrected chi connectivity index (χ1v) is 4.94. The van der Waals surface area contributed by atoms with Gasteiger partial charge in [-0.15, -0.1) is 10.2 Å². The Hall–Kier alpha value is -1.88. The summed E-state index contributed by atoms with van der Waals surface area (Å²) >= 11 is 0. The van der Waals surface area contributed by atoms with Gasteiger partial charge in [0.15, 0.2) is 5.82 Å². The van der Waals surface area contributed by atoms with Crippen LogP contribution in [0.15, 0.2) is 30.6 Å². The van der Waals surface area contributed by atoms with E-state index in [2.05, 4.69) is 10.2 Å². The van der Waals surface area contributed by atoms with Crippen molar-refractivity contribution in [3.8, 4) is 5.75 Å². The number of rotatable bonds is 4. The van der Waals surface area contributed by atoms with E-state index < -0.39 is 0 Å². The van der Waals surface area contributed by atoms with Gasteiger partial charge in [-0.25, -0.2) is 0 Å². The van der Waals surface area contributed by atoms with Gasteiger partial charge < -0.3 is 14.4 Å². The highest BCUT2D eigenvalue weighted by molar-refractivity contribution is 5.33. The Bertz CT molecular complexity index is 468. The van der Waals surface area contributed by atoms with Crippen LogP contribution in [0.2, 0.25) is 0 Å². The molecule has 0 saturated carbocycles. The van der Waals surface area contributed by atoms with Crippen molar-refractivity contribution in [3.63, 3.8) is 0 Å². The van der Waals surface area contributed by atoms with Crippen molar-refractivity contribution in [1.82, 2.24) is 14.8 Å². The molecule has 1 N–H and O–H groups in total. The molecule has 2 aromatic rings. The van der Waals surface area contributed by atoms with Crippen LogP contribution in [0.4, 0.5) is 0 Å². The Morgan fingerprint density at radius 1 is 1.38 bits per heavy atom. The van der Waals surface area contributed by atoms with Crippen LogP contribution in [0, 0.1) is 0 Å². The minimum Gasteiger partial charge on any atom is -0.496 e. The molecule has 84 valence electrons. The van der Waals surface area contributed by atoms with E-state index in [1.165, 1.54) is 0 Å². The summed E-state index contributed by atoms with van der Waals surface area (Å²) in [7, 11) is 1.64. The largest absolute Gasteiger partial charge is 0.496 e. The summed E-state index contributed by atoms with van der Waals surface area (Å²) in [4.78, 5) is 0. The van der Waals surface area contributed by atoms with Crippen LogP contribution in [0.3, 0.4) is 0 Å². The topological polar surface area (TPSA) is 60.2 Å². The monoisotopic (exact) mass is 219 g/mol. The second kappa shape index (κ2) is 4.76. The van der Waals surface area contributed by atoms with E-state index >= 15 is 0 Å². The molecule has 2 rings (SSSR count). The van der Waals surface area contributed by atoms with Crippen molar-refractivity contribution >= 4 is 0 Å². The van der Waals surface area contributed by atoms with Gasteiger partial charge in [0, 0.05) is 5.56 Å². The Morgan fingerprint density at radius 2 is 2.19 bits per heavy atom. The smallest absolute Gasteiger partial charge is 0.158 e. The van der Waals surface area contributed by atoms with Crippen LogP contribution in [0.5, 0.6) is 5.75 Å². The van der Waals surface area contributed by atoms with Crippen molar-refractivity contribution in [2.75, 3.05) is 7.11 Å². The molecule has 0 radical (unpaired) electrons. The van der Waals surface area contributed by atoms with Gasteiger partial charge in [-0.05, 0) is 6.07 Å². The second-order valence-electron chi connectivity index (χ2n) is 3.35. The fourth-order valence-electron chi connectivity index (χ4n) is 1.55. The van der Waals surface area contributed by atoms with E-state index in [0.717, 1.165) is 11.3 Å². The zero-order valence-electron chi connectivity index (χ0n) is 9.00. The van der Waals surface area contributed by atoms with Crippen molar-refractivity contribution < 1.29 is 9.84 Å². The molecule has 5 nitrogen and oxygen atoms in total. The van der Waals surface area contributed by atoms with E-state index in [-0.39, 0.29) is 6.61 Å². The summed E-state index contributed by atoms with van der Waals surface area (Å²) in [5.41, 5.74) is 1.03. The maximum atomic E-state index is 9.06. The average molecular weight is 219 g/mol. The molecule has 0 aliphatic carbocycles. The number of benzene rings is 1. The first-order chi connectivity index (χ1) is 7.85. The van der Waals surface area contributed by atoms with Gasteiger partial charge in [-0.3, -0.25) is 0 Å². The fraction of sp³-hybridized carbons (Fsp3) is 0.273. The minimum atomic E-state index is -0.116. The second-order valence-corrected chi connectivity index (χ2v) is 3.35. The SMILES string of the molecule is COc1ccccc1Cn1cnnc1CO. The maximum Gasteiger partial charge on any atom is 0.158 e. The number of ether oxygens (including phenoxy) is 1. The molecule has 1 aromatic carbocycles. The number of methoxy groups -OCH3 is 1. The summed E-state index contributed by atoms with van der Waals surface area (Å²) < 4.78 is 7.04. The number of aromatic nitrogens is 3. The number of nitrogens with zero attached hydrogens (tertiary/aromatic N) is 3. The van der Waals surface area contributed by atoms with Crippen LogP contribution in [0.1, 0.15) is 11.4 Å². The zero-order valence-corrected chi connectivity index (χ0v) is 9.00. The molecule has 0 aliphatic heterocycles. The van der Waals surface area contributed by atoms with Crippen molar-refractivity contribution in [1.29, 1.82) is 0 Å². The van der Waals surface area contributed by atoms with Crippen LogP contribution in [0.25, 0.3) is 0 Å². The number of aliphatic hydroxyl groups excluding tert-OH is 1. The van der Waals surface area contributed by atoms with E-state index in [4.69, 9.17) is 9.84 Å². The fourth-order valence-corrected chi connectivity index (χ4v) is 1.55. The standard InChI is InChI=1S/C11H13N3O2/c1-16-10-5-3-2-4-9(10)6-14-8-12-13-11(14)7-15/h2-5,8,15H,6-7H2,1H3. The highest BCUT2D eigenvalue weighted by Crippen LogP contribution is 2.18. The third-order valence-corrected chi connectivity index (χ3v) is 2.37. The van der Waals surface area contributed by atoms with Gasteiger partial charge in [0.05, 0.1) is 13.7 Å². The third kappa shape index (κ3) is 2.04. The Labute approximate surface area is 93.3 Å². The van der Waals surface area contributed by atoms with Crippen LogP contribution < -0.4 is 4.74 Å². The summed E-state index contributed by atoms with van der Waals surface area (Å²) in [6, 6.07) is 7.74. The number of hydrogen-bond donors (Lipinski definition) is 1. The van der Waals surface area contributed by atoms with Crippen LogP contribution >= 0.6 is 0 Å². The molecule has 1 heterocycles. The number of para-hydroxylation sites is 1. The van der Waals surface area contributed by atoms with Crippen LogP contribution in [-0.2, 0) is 13.2 Å². The lowest BCUT2D eigenvalue weighted by Crippen LogP contribution is -2.05. The van der Waals surface area contributed by atoms with E-state index in [9.17, 15) is 0 Å². The predicted molar refractivity (Wildman–Crippen MR) is 58.0 cm³/mol. The molecule has 0 atom stereocenters. The molecule has 0 unspecified atom stereocenters. The zero-order chi connectivity index (χ0) is 11.4. The normalized spacial score (nSPS) is 10.4. The van der Waals surface area contributed by atoms with Gasteiger partial charge in [0.1, 0.15) is 18.7 Å². The maximum absolute atomic E-state index is 9.06. The predicted octanol–water partition coefficient (Wildman–Crippen LogP) is 0.827. The molecular weight excluding hydrogens is 206 g/mol. The van der Waals surface area contributed by atoms with E-state index in [1.54, 1.807) is 18.0 Å². The third-order valence-electron chi connectivity index (χ3n) is 2.37. The van der Waals surface area contributed by atoms with E-state index in [0.29, 0.717) is 12.4 Å². The van der Waals surface area contributed by atoms with Gasteiger partial charge in [-0.1, -0.05) is 18.2 Å². The van der Waals surface area contributed by atoms with Crippen molar-refractivity contribution in [2.45, 2.75) is 13.2 Å². The number of aliphatic hydroxyl groups is 1. The first-order valence-electron chi connectivity index (χ1n) is 4.94. The van der Waals surface area contributed by atoms with Gasteiger partial charge in [-0.2, -0.15) is 0 Å². The van der Waals surface area contributed by atoms with Crippen molar-refractivity contribution in [3.05, 3.63) is 42.0 Å². The molecule has 5 heteroatoms. The molecule has 0 saturated heterocycles. The molecule has 0 aliphatic rings. The van der Waals surface area contributed by atoms with Crippen molar-refractivity contribution in [2.24, 2.45) is 0 Å². The minimum absolute atomic E-state index is 0.116. The molecule has 16 heavy (non-hydrogen) atoms. The van der Waals surface area contributed by atoms with Gasteiger partial charge in [0.2, 0.25) is 0 Å². The van der Waals surface area contributed by atoms with Crippen LogP contribution in [-0.4, -0.2) is 27.0 Å². The Balaban J connectivity index is 2.26. The summed E-state index contributed by atoms with van der Waals surface area (Å²) in [6.07, 6.45) is 1.60. The van der Waals surface area contributed by atoms with E-state index in [1.807, 2.05) is 24.3 Å². The molecule has 0 amide bonds. The molecule has 0 spiro atoms. The van der Waals surface area contributed by atoms with Gasteiger partial charge >= 0.3 is 0 Å².